The summed E-state index contributed by atoms with van der Waals surface area (Å²) in [7, 11) is 0. The second-order valence-electron chi connectivity index (χ2n) is 7.17. The van der Waals surface area contributed by atoms with E-state index in [1.165, 1.54) is 0 Å². The molecule has 0 radical (unpaired) electrons. The first-order valence-electron chi connectivity index (χ1n) is 7.29. The Bertz CT molecular complexity index is 391. The average molecular weight is 284 g/mol. The number of rotatable bonds is 3. The van der Waals surface area contributed by atoms with Crippen LogP contribution in [0.25, 0.3) is 0 Å². The summed E-state index contributed by atoms with van der Waals surface area (Å²) in [4.78, 5) is 25.5. The zero-order valence-corrected chi connectivity index (χ0v) is 13.5. The third-order valence-corrected chi connectivity index (χ3v) is 5.14. The molecule has 116 valence electrons. The maximum atomic E-state index is 12.4. The number of carbonyl (C=O) groups is 2. The molecule has 1 aliphatic heterocycles. The molecule has 1 rings (SSSR count). The Labute approximate surface area is 121 Å². The number of hydrogen-bond acceptors (Lipinski definition) is 2. The Kier molecular flexibility index (Phi) is 4.72. The summed E-state index contributed by atoms with van der Waals surface area (Å²) in [5.74, 6) is 0.191. The molecular formula is C15H28N2O3. The smallest absolute Gasteiger partial charge is 0.317 e. The summed E-state index contributed by atoms with van der Waals surface area (Å²) in [5.41, 5.74) is -1.85. The third kappa shape index (κ3) is 3.25. The molecule has 5 heteroatoms. The summed E-state index contributed by atoms with van der Waals surface area (Å²) in [6, 6.07) is -0.164. The fourth-order valence-corrected chi connectivity index (χ4v) is 2.22. The van der Waals surface area contributed by atoms with Gasteiger partial charge in [0.2, 0.25) is 0 Å². The highest BCUT2D eigenvalue weighted by atomic mass is 16.4. The molecule has 1 heterocycles. The summed E-state index contributed by atoms with van der Waals surface area (Å²) in [6.45, 7) is 12.6. The molecule has 2 amide bonds. The van der Waals surface area contributed by atoms with Crippen LogP contribution < -0.4 is 5.32 Å². The second-order valence-corrected chi connectivity index (χ2v) is 7.17. The Morgan fingerprint density at radius 1 is 1.15 bits per heavy atom. The molecule has 2 unspecified atom stereocenters. The number of likely N-dealkylation sites (tertiary alicyclic amines) is 1. The van der Waals surface area contributed by atoms with Crippen molar-refractivity contribution >= 4 is 12.0 Å². The standard InChI is InChI=1S/C15H28N2O3/c1-10-7-8-17(9-11(10)2)13(20)16-15(5,6)14(3,4)12(18)19/h10-11H,7-9H2,1-6H3,(H,16,20)(H,18,19). The Balaban J connectivity index is 2.73. The number of amides is 2. The van der Waals surface area contributed by atoms with E-state index in [1.807, 2.05) is 0 Å². The van der Waals surface area contributed by atoms with Crippen LogP contribution in [0.4, 0.5) is 4.79 Å². The Morgan fingerprint density at radius 2 is 1.70 bits per heavy atom. The van der Waals surface area contributed by atoms with E-state index in [0.29, 0.717) is 11.8 Å². The van der Waals surface area contributed by atoms with Gasteiger partial charge in [0, 0.05) is 13.1 Å². The van der Waals surface area contributed by atoms with Crippen molar-refractivity contribution in [1.82, 2.24) is 10.2 Å². The molecule has 1 fully saturated rings. The monoisotopic (exact) mass is 284 g/mol. The molecule has 0 aromatic heterocycles. The van der Waals surface area contributed by atoms with Crippen LogP contribution in [0.1, 0.15) is 48.0 Å². The van der Waals surface area contributed by atoms with E-state index in [1.54, 1.807) is 32.6 Å². The molecule has 0 bridgehead atoms. The fourth-order valence-electron chi connectivity index (χ4n) is 2.22. The van der Waals surface area contributed by atoms with Crippen LogP contribution in [-0.4, -0.2) is 40.6 Å². The highest BCUT2D eigenvalue weighted by molar-refractivity contribution is 5.79. The van der Waals surface area contributed by atoms with E-state index in [-0.39, 0.29) is 6.03 Å². The van der Waals surface area contributed by atoms with Crippen molar-refractivity contribution in [2.24, 2.45) is 17.3 Å². The Hall–Kier alpha value is -1.26. The zero-order chi connectivity index (χ0) is 15.7. The lowest BCUT2D eigenvalue weighted by Gasteiger charge is -2.42. The van der Waals surface area contributed by atoms with E-state index >= 15 is 0 Å². The lowest BCUT2D eigenvalue weighted by molar-refractivity contribution is -0.150. The van der Waals surface area contributed by atoms with Crippen LogP contribution in [0.5, 0.6) is 0 Å². The number of carboxylic acid groups (broad SMARTS) is 1. The van der Waals surface area contributed by atoms with E-state index in [9.17, 15) is 14.7 Å². The molecule has 1 aliphatic rings. The Morgan fingerprint density at radius 3 is 2.15 bits per heavy atom. The van der Waals surface area contributed by atoms with Gasteiger partial charge < -0.3 is 15.3 Å². The number of carbonyl (C=O) groups excluding carboxylic acids is 1. The van der Waals surface area contributed by atoms with Crippen molar-refractivity contribution in [3.63, 3.8) is 0 Å². The topological polar surface area (TPSA) is 69.6 Å². The minimum atomic E-state index is -1.03. The molecule has 5 nitrogen and oxygen atoms in total. The zero-order valence-electron chi connectivity index (χ0n) is 13.5. The van der Waals surface area contributed by atoms with Crippen LogP contribution in [0.2, 0.25) is 0 Å². The summed E-state index contributed by atoms with van der Waals surface area (Å²) >= 11 is 0. The highest BCUT2D eigenvalue weighted by Gasteiger charge is 2.45. The minimum Gasteiger partial charge on any atom is -0.481 e. The van der Waals surface area contributed by atoms with Gasteiger partial charge in [-0.25, -0.2) is 4.79 Å². The molecule has 0 aromatic carbocycles. The molecule has 2 atom stereocenters. The van der Waals surface area contributed by atoms with Gasteiger partial charge in [0.25, 0.3) is 0 Å². The van der Waals surface area contributed by atoms with Gasteiger partial charge in [0.05, 0.1) is 11.0 Å². The van der Waals surface area contributed by atoms with E-state index < -0.39 is 16.9 Å². The van der Waals surface area contributed by atoms with Gasteiger partial charge in [-0.3, -0.25) is 4.79 Å². The number of urea groups is 1. The number of piperidine rings is 1. The number of hydrogen-bond donors (Lipinski definition) is 2. The van der Waals surface area contributed by atoms with Gasteiger partial charge >= 0.3 is 12.0 Å². The molecular weight excluding hydrogens is 256 g/mol. The number of aliphatic carboxylic acids is 1. The van der Waals surface area contributed by atoms with Crippen molar-refractivity contribution in [3.05, 3.63) is 0 Å². The van der Waals surface area contributed by atoms with E-state index in [2.05, 4.69) is 19.2 Å². The van der Waals surface area contributed by atoms with Gasteiger partial charge in [-0.1, -0.05) is 13.8 Å². The van der Waals surface area contributed by atoms with Crippen molar-refractivity contribution in [2.75, 3.05) is 13.1 Å². The highest BCUT2D eigenvalue weighted by Crippen LogP contribution is 2.31. The van der Waals surface area contributed by atoms with E-state index in [0.717, 1.165) is 19.5 Å². The fraction of sp³-hybridized carbons (Fsp3) is 0.867. The molecule has 0 aromatic rings. The van der Waals surface area contributed by atoms with Crippen molar-refractivity contribution in [2.45, 2.75) is 53.5 Å². The van der Waals surface area contributed by atoms with Gasteiger partial charge in [-0.05, 0) is 46.0 Å². The van der Waals surface area contributed by atoms with Crippen LogP contribution in [-0.2, 0) is 4.79 Å². The predicted molar refractivity (Wildman–Crippen MR) is 78.5 cm³/mol. The van der Waals surface area contributed by atoms with Crippen LogP contribution in [0, 0.1) is 17.3 Å². The van der Waals surface area contributed by atoms with E-state index in [4.69, 9.17) is 0 Å². The van der Waals surface area contributed by atoms with Crippen LogP contribution in [0.3, 0.4) is 0 Å². The molecule has 0 spiro atoms. The molecule has 1 saturated heterocycles. The summed E-state index contributed by atoms with van der Waals surface area (Å²) in [5, 5.41) is 12.2. The second kappa shape index (κ2) is 5.62. The van der Waals surface area contributed by atoms with Gasteiger partial charge in [0.15, 0.2) is 0 Å². The quantitative estimate of drug-likeness (QED) is 0.837. The molecule has 20 heavy (non-hydrogen) atoms. The first-order valence-corrected chi connectivity index (χ1v) is 7.29. The first-order chi connectivity index (χ1) is 8.99. The molecule has 0 saturated carbocycles. The predicted octanol–water partition coefficient (Wildman–Crippen LogP) is 2.56. The largest absolute Gasteiger partial charge is 0.481 e. The molecule has 2 N–H and O–H groups in total. The maximum Gasteiger partial charge on any atom is 0.317 e. The van der Waals surface area contributed by atoms with Gasteiger partial charge in [0.1, 0.15) is 0 Å². The SMILES string of the molecule is CC1CCN(C(=O)NC(C)(C)C(C)(C)C(=O)O)CC1C. The number of nitrogens with zero attached hydrogens (tertiary/aromatic N) is 1. The third-order valence-electron chi connectivity index (χ3n) is 5.14. The first kappa shape index (κ1) is 16.8. The normalized spacial score (nSPS) is 24.4. The van der Waals surface area contributed by atoms with Gasteiger partial charge in [-0.15, -0.1) is 0 Å². The lowest BCUT2D eigenvalue weighted by Crippen LogP contribution is -2.60. The van der Waals surface area contributed by atoms with Crippen molar-refractivity contribution in [1.29, 1.82) is 0 Å². The summed E-state index contributed by atoms with van der Waals surface area (Å²) < 4.78 is 0. The average Bonchev–Trinajstić information content (AvgIpc) is 2.31. The minimum absolute atomic E-state index is 0.164. The van der Waals surface area contributed by atoms with Gasteiger partial charge in [-0.2, -0.15) is 0 Å². The van der Waals surface area contributed by atoms with Crippen LogP contribution >= 0.6 is 0 Å². The maximum absolute atomic E-state index is 12.4. The summed E-state index contributed by atoms with van der Waals surface area (Å²) in [6.07, 6.45) is 0.997. The van der Waals surface area contributed by atoms with Crippen molar-refractivity contribution in [3.8, 4) is 0 Å². The van der Waals surface area contributed by atoms with Crippen LogP contribution in [0.15, 0.2) is 0 Å². The lowest BCUT2D eigenvalue weighted by atomic mass is 9.74. The number of carboxylic acids is 1. The van der Waals surface area contributed by atoms with Crippen molar-refractivity contribution < 1.29 is 14.7 Å². The number of nitrogens with one attached hydrogen (secondary N) is 1. The molecule has 0 aliphatic carbocycles.